The van der Waals surface area contributed by atoms with Crippen LogP contribution in [0.2, 0.25) is 0 Å². The van der Waals surface area contributed by atoms with Gasteiger partial charge < -0.3 is 9.47 Å². The fraction of sp³-hybridized carbons (Fsp3) is 1.00. The minimum atomic E-state index is 0.334. The molecule has 2 fully saturated rings. The SMILES string of the molecule is C[C@@H](OCC1CC1)[C@H]1CO1. The third-order valence-corrected chi connectivity index (χ3v) is 2.17. The summed E-state index contributed by atoms with van der Waals surface area (Å²) in [6.45, 7) is 3.97. The molecule has 2 rings (SSSR count). The van der Waals surface area contributed by atoms with Gasteiger partial charge in [0, 0.05) is 6.61 Å². The van der Waals surface area contributed by atoms with Crippen LogP contribution in [-0.4, -0.2) is 25.4 Å². The van der Waals surface area contributed by atoms with Gasteiger partial charge in [0.15, 0.2) is 0 Å². The van der Waals surface area contributed by atoms with Crippen molar-refractivity contribution in [2.75, 3.05) is 13.2 Å². The molecule has 0 unspecified atom stereocenters. The van der Waals surface area contributed by atoms with E-state index in [4.69, 9.17) is 9.47 Å². The van der Waals surface area contributed by atoms with Crippen LogP contribution < -0.4 is 0 Å². The van der Waals surface area contributed by atoms with Gasteiger partial charge in [0.2, 0.25) is 0 Å². The molecule has 1 heterocycles. The second-order valence-corrected chi connectivity index (χ2v) is 3.35. The predicted molar refractivity (Wildman–Crippen MR) is 37.9 cm³/mol. The van der Waals surface area contributed by atoms with E-state index in [9.17, 15) is 0 Å². The molecule has 0 amide bonds. The molecule has 1 saturated heterocycles. The Morgan fingerprint density at radius 3 is 2.80 bits per heavy atom. The molecule has 2 heteroatoms. The Labute approximate surface area is 61.5 Å². The lowest BCUT2D eigenvalue weighted by molar-refractivity contribution is 0.0392. The van der Waals surface area contributed by atoms with Crippen molar-refractivity contribution >= 4 is 0 Å². The topological polar surface area (TPSA) is 21.8 Å². The molecule has 0 spiro atoms. The predicted octanol–water partition coefficient (Wildman–Crippen LogP) is 1.20. The average molecular weight is 142 g/mol. The van der Waals surface area contributed by atoms with E-state index in [1.54, 1.807) is 0 Å². The minimum Gasteiger partial charge on any atom is -0.375 e. The van der Waals surface area contributed by atoms with Crippen molar-refractivity contribution in [1.82, 2.24) is 0 Å². The van der Waals surface area contributed by atoms with E-state index in [2.05, 4.69) is 6.92 Å². The van der Waals surface area contributed by atoms with Crippen LogP contribution in [0.1, 0.15) is 19.8 Å². The molecule has 0 aromatic heterocycles. The maximum Gasteiger partial charge on any atom is 0.107 e. The first kappa shape index (κ1) is 6.62. The summed E-state index contributed by atoms with van der Waals surface area (Å²) < 4.78 is 10.7. The Balaban J connectivity index is 1.58. The summed E-state index contributed by atoms with van der Waals surface area (Å²) in [5.74, 6) is 0.876. The van der Waals surface area contributed by atoms with Crippen LogP contribution in [0.4, 0.5) is 0 Å². The van der Waals surface area contributed by atoms with Gasteiger partial charge in [-0.15, -0.1) is 0 Å². The summed E-state index contributed by atoms with van der Waals surface area (Å²) in [7, 11) is 0. The molecule has 0 radical (unpaired) electrons. The van der Waals surface area contributed by atoms with E-state index in [0.717, 1.165) is 19.1 Å². The van der Waals surface area contributed by atoms with Crippen LogP contribution in [0, 0.1) is 5.92 Å². The smallest absolute Gasteiger partial charge is 0.107 e. The molecule has 1 aliphatic carbocycles. The van der Waals surface area contributed by atoms with Crippen LogP contribution in [-0.2, 0) is 9.47 Å². The van der Waals surface area contributed by atoms with Crippen molar-refractivity contribution in [3.63, 3.8) is 0 Å². The number of rotatable bonds is 4. The second-order valence-electron chi connectivity index (χ2n) is 3.35. The highest BCUT2D eigenvalue weighted by Gasteiger charge is 2.31. The molecule has 1 aliphatic heterocycles. The number of hydrogen-bond acceptors (Lipinski definition) is 2. The van der Waals surface area contributed by atoms with E-state index in [0.29, 0.717) is 12.2 Å². The zero-order valence-electron chi connectivity index (χ0n) is 6.38. The second kappa shape index (κ2) is 2.51. The Morgan fingerprint density at radius 2 is 2.30 bits per heavy atom. The van der Waals surface area contributed by atoms with E-state index in [-0.39, 0.29) is 0 Å². The summed E-state index contributed by atoms with van der Waals surface area (Å²) in [6.07, 6.45) is 3.50. The molecule has 0 aromatic rings. The Kier molecular flexibility index (Phi) is 1.66. The molecular formula is C8H14O2. The zero-order valence-corrected chi connectivity index (χ0v) is 6.38. The highest BCUT2D eigenvalue weighted by atomic mass is 16.6. The maximum absolute atomic E-state index is 5.56. The van der Waals surface area contributed by atoms with Gasteiger partial charge in [-0.1, -0.05) is 0 Å². The van der Waals surface area contributed by atoms with Crippen LogP contribution in [0.25, 0.3) is 0 Å². The van der Waals surface area contributed by atoms with Gasteiger partial charge >= 0.3 is 0 Å². The molecule has 1 saturated carbocycles. The van der Waals surface area contributed by atoms with E-state index in [1.807, 2.05) is 0 Å². The molecule has 2 aliphatic rings. The Morgan fingerprint density at radius 1 is 1.60 bits per heavy atom. The fourth-order valence-electron chi connectivity index (χ4n) is 1.01. The van der Waals surface area contributed by atoms with Gasteiger partial charge in [0.05, 0.1) is 12.7 Å². The minimum absolute atomic E-state index is 0.334. The quantitative estimate of drug-likeness (QED) is 0.550. The first-order valence-corrected chi connectivity index (χ1v) is 4.09. The van der Waals surface area contributed by atoms with Crippen LogP contribution in [0.15, 0.2) is 0 Å². The first-order chi connectivity index (χ1) is 4.86. The summed E-state index contributed by atoms with van der Waals surface area (Å²) >= 11 is 0. The largest absolute Gasteiger partial charge is 0.375 e. The van der Waals surface area contributed by atoms with Crippen LogP contribution in [0.5, 0.6) is 0 Å². The van der Waals surface area contributed by atoms with Crippen molar-refractivity contribution in [1.29, 1.82) is 0 Å². The molecule has 2 nitrogen and oxygen atoms in total. The van der Waals surface area contributed by atoms with Crippen LogP contribution in [0.3, 0.4) is 0 Å². The molecule has 0 N–H and O–H groups in total. The fourth-order valence-corrected chi connectivity index (χ4v) is 1.01. The molecular weight excluding hydrogens is 128 g/mol. The van der Waals surface area contributed by atoms with Gasteiger partial charge in [-0.2, -0.15) is 0 Å². The summed E-state index contributed by atoms with van der Waals surface area (Å²) in [4.78, 5) is 0. The van der Waals surface area contributed by atoms with Gasteiger partial charge in [-0.3, -0.25) is 0 Å². The third-order valence-electron chi connectivity index (χ3n) is 2.17. The van der Waals surface area contributed by atoms with E-state index in [1.165, 1.54) is 12.8 Å². The number of hydrogen-bond donors (Lipinski definition) is 0. The standard InChI is InChI=1S/C8H14O2/c1-6(8-5-10-8)9-4-7-2-3-7/h6-8H,2-5H2,1H3/t6-,8-/m1/s1. The van der Waals surface area contributed by atoms with Gasteiger partial charge in [-0.25, -0.2) is 0 Å². The summed E-state index contributed by atoms with van der Waals surface area (Å²) in [5.41, 5.74) is 0. The van der Waals surface area contributed by atoms with Gasteiger partial charge in [-0.05, 0) is 25.7 Å². The van der Waals surface area contributed by atoms with Crippen molar-refractivity contribution in [2.45, 2.75) is 32.0 Å². The summed E-state index contributed by atoms with van der Waals surface area (Å²) in [5, 5.41) is 0. The monoisotopic (exact) mass is 142 g/mol. The molecule has 58 valence electrons. The van der Waals surface area contributed by atoms with Gasteiger partial charge in [0.25, 0.3) is 0 Å². The first-order valence-electron chi connectivity index (χ1n) is 4.09. The van der Waals surface area contributed by atoms with E-state index < -0.39 is 0 Å². The highest BCUT2D eigenvalue weighted by molar-refractivity contribution is 4.78. The molecule has 0 aromatic carbocycles. The summed E-state index contributed by atoms with van der Waals surface area (Å²) in [6, 6.07) is 0. The normalized spacial score (nSPS) is 33.9. The zero-order chi connectivity index (χ0) is 6.97. The molecule has 0 bridgehead atoms. The third kappa shape index (κ3) is 1.70. The molecule has 2 atom stereocenters. The average Bonchev–Trinajstić information content (AvgIpc) is 2.76. The highest BCUT2D eigenvalue weighted by Crippen LogP contribution is 2.30. The van der Waals surface area contributed by atoms with Crippen molar-refractivity contribution in [3.8, 4) is 0 Å². The maximum atomic E-state index is 5.56. The van der Waals surface area contributed by atoms with Crippen molar-refractivity contribution in [2.24, 2.45) is 5.92 Å². The lowest BCUT2D eigenvalue weighted by Crippen LogP contribution is -2.16. The van der Waals surface area contributed by atoms with E-state index >= 15 is 0 Å². The number of ether oxygens (including phenoxy) is 2. The van der Waals surface area contributed by atoms with Crippen molar-refractivity contribution in [3.05, 3.63) is 0 Å². The lowest BCUT2D eigenvalue weighted by atomic mass is 10.3. The van der Waals surface area contributed by atoms with Gasteiger partial charge in [0.1, 0.15) is 6.10 Å². The van der Waals surface area contributed by atoms with Crippen LogP contribution >= 0.6 is 0 Å². The Bertz CT molecular complexity index is 116. The lowest BCUT2D eigenvalue weighted by Gasteiger charge is -2.08. The number of epoxide rings is 1. The van der Waals surface area contributed by atoms with Crippen molar-refractivity contribution < 1.29 is 9.47 Å². The molecule has 10 heavy (non-hydrogen) atoms. The Hall–Kier alpha value is -0.0800.